The molecule has 0 fully saturated rings. The molecule has 0 unspecified atom stereocenters. The van der Waals surface area contributed by atoms with Gasteiger partial charge >= 0.3 is 0 Å². The molecule has 0 aromatic heterocycles. The maximum atomic E-state index is 5.42. The van der Waals surface area contributed by atoms with Crippen LogP contribution in [-0.2, 0) is 0 Å². The first kappa shape index (κ1) is 5.62. The van der Waals surface area contributed by atoms with Crippen molar-refractivity contribution in [2.45, 2.75) is 6.92 Å². The molecule has 0 atom stereocenters. The molecule has 8 heavy (non-hydrogen) atoms. The fraction of sp³-hybridized carbons (Fsp3) is 1.00. The SMILES string of the molecule is CCN1CN(Cl)N=N1. The smallest absolute Gasteiger partial charge is 0.144 e. The lowest BCUT2D eigenvalue weighted by atomic mass is 10.7. The number of hydrogen-bond acceptors (Lipinski definition) is 4. The maximum absolute atomic E-state index is 5.42. The molecule has 0 saturated carbocycles. The second-order valence-electron chi connectivity index (χ2n) is 1.48. The van der Waals surface area contributed by atoms with Gasteiger partial charge in [-0.3, -0.25) is 5.01 Å². The van der Waals surface area contributed by atoms with Crippen molar-refractivity contribution in [1.82, 2.24) is 9.54 Å². The highest BCUT2D eigenvalue weighted by atomic mass is 35.5. The fourth-order valence-electron chi connectivity index (χ4n) is 0.454. The highest BCUT2D eigenvalue weighted by Crippen LogP contribution is 2.07. The van der Waals surface area contributed by atoms with Gasteiger partial charge in [-0.2, -0.15) is 4.53 Å². The van der Waals surface area contributed by atoms with Crippen LogP contribution in [0.15, 0.2) is 10.4 Å². The average Bonchev–Trinajstić information content (AvgIpc) is 2.14. The van der Waals surface area contributed by atoms with E-state index in [0.29, 0.717) is 6.67 Å². The molecule has 1 heterocycles. The summed E-state index contributed by atoms with van der Waals surface area (Å²) < 4.78 is 1.27. The summed E-state index contributed by atoms with van der Waals surface area (Å²) in [5, 5.41) is 8.98. The van der Waals surface area contributed by atoms with Crippen molar-refractivity contribution >= 4 is 11.8 Å². The van der Waals surface area contributed by atoms with Crippen molar-refractivity contribution < 1.29 is 0 Å². The van der Waals surface area contributed by atoms with E-state index in [2.05, 4.69) is 10.4 Å². The Balaban J connectivity index is 2.34. The molecule has 1 rings (SSSR count). The lowest BCUT2D eigenvalue weighted by Crippen LogP contribution is -2.18. The summed E-state index contributed by atoms with van der Waals surface area (Å²) in [6.07, 6.45) is 0. The Bertz CT molecular complexity index is 103. The van der Waals surface area contributed by atoms with Crippen LogP contribution in [0.1, 0.15) is 6.92 Å². The predicted molar refractivity (Wildman–Crippen MR) is 29.8 cm³/mol. The molecular formula is C3H7ClN4. The second kappa shape index (κ2) is 2.17. The summed E-state index contributed by atoms with van der Waals surface area (Å²) in [4.78, 5) is 0. The summed E-state index contributed by atoms with van der Waals surface area (Å²) in [6.45, 7) is 3.44. The monoisotopic (exact) mass is 134 g/mol. The van der Waals surface area contributed by atoms with Crippen molar-refractivity contribution in [1.29, 1.82) is 0 Å². The minimum atomic E-state index is 0.595. The van der Waals surface area contributed by atoms with Crippen LogP contribution in [0.5, 0.6) is 0 Å². The van der Waals surface area contributed by atoms with Gasteiger partial charge in [0.2, 0.25) is 0 Å². The van der Waals surface area contributed by atoms with E-state index in [1.807, 2.05) is 6.92 Å². The van der Waals surface area contributed by atoms with E-state index in [1.165, 1.54) is 4.53 Å². The molecule has 1 aliphatic rings. The molecule has 0 aliphatic carbocycles. The topological polar surface area (TPSA) is 31.2 Å². The van der Waals surface area contributed by atoms with Crippen molar-refractivity contribution in [3.8, 4) is 0 Å². The molecule has 0 spiro atoms. The lowest BCUT2D eigenvalue weighted by Gasteiger charge is -2.06. The maximum Gasteiger partial charge on any atom is 0.144 e. The van der Waals surface area contributed by atoms with Crippen molar-refractivity contribution in [3.05, 3.63) is 0 Å². The van der Waals surface area contributed by atoms with Gasteiger partial charge in [-0.1, -0.05) is 5.22 Å². The molecule has 46 valence electrons. The zero-order valence-corrected chi connectivity index (χ0v) is 5.34. The Morgan fingerprint density at radius 1 is 1.62 bits per heavy atom. The third-order valence-electron chi connectivity index (χ3n) is 0.909. The minimum absolute atomic E-state index is 0.595. The second-order valence-corrected chi connectivity index (χ2v) is 1.87. The zero-order valence-electron chi connectivity index (χ0n) is 4.58. The summed E-state index contributed by atoms with van der Waals surface area (Å²) >= 11 is 5.42. The summed E-state index contributed by atoms with van der Waals surface area (Å²) in [6, 6.07) is 0. The van der Waals surface area contributed by atoms with Crippen LogP contribution in [0, 0.1) is 0 Å². The van der Waals surface area contributed by atoms with Crippen LogP contribution in [0.4, 0.5) is 0 Å². The Morgan fingerprint density at radius 3 is 2.62 bits per heavy atom. The van der Waals surface area contributed by atoms with Crippen LogP contribution in [0.2, 0.25) is 0 Å². The zero-order chi connectivity index (χ0) is 5.98. The normalized spacial score (nSPS) is 18.2. The average molecular weight is 135 g/mol. The summed E-state index contributed by atoms with van der Waals surface area (Å²) in [5.41, 5.74) is 0. The van der Waals surface area contributed by atoms with Gasteiger partial charge in [-0.25, -0.2) is 0 Å². The van der Waals surface area contributed by atoms with E-state index >= 15 is 0 Å². The molecule has 0 N–H and O–H groups in total. The number of hydrogen-bond donors (Lipinski definition) is 0. The minimum Gasteiger partial charge on any atom is -0.255 e. The summed E-state index contributed by atoms with van der Waals surface area (Å²) in [7, 11) is 0. The Morgan fingerprint density at radius 2 is 2.38 bits per heavy atom. The van der Waals surface area contributed by atoms with Gasteiger partial charge in [-0.15, -0.1) is 0 Å². The Labute approximate surface area is 52.8 Å². The summed E-state index contributed by atoms with van der Waals surface area (Å²) in [5.74, 6) is 0. The van der Waals surface area contributed by atoms with Gasteiger partial charge in [0.15, 0.2) is 0 Å². The van der Waals surface area contributed by atoms with E-state index in [4.69, 9.17) is 11.8 Å². The standard InChI is InChI=1S/C3H7ClN4/c1-2-7-3-8(4)6-5-7/h2-3H2,1H3. The van der Waals surface area contributed by atoms with Crippen LogP contribution in [0.25, 0.3) is 0 Å². The predicted octanol–water partition coefficient (Wildman–Crippen LogP) is 1.02. The molecule has 5 heteroatoms. The highest BCUT2D eigenvalue weighted by molar-refractivity contribution is 6.13. The first-order valence-electron chi connectivity index (χ1n) is 2.42. The van der Waals surface area contributed by atoms with Crippen molar-refractivity contribution in [3.63, 3.8) is 0 Å². The molecular weight excluding hydrogens is 128 g/mol. The van der Waals surface area contributed by atoms with Gasteiger partial charge in [0.05, 0.1) is 0 Å². The van der Waals surface area contributed by atoms with Crippen LogP contribution in [0.3, 0.4) is 0 Å². The van der Waals surface area contributed by atoms with E-state index in [1.54, 1.807) is 5.01 Å². The lowest BCUT2D eigenvalue weighted by molar-refractivity contribution is 0.290. The van der Waals surface area contributed by atoms with E-state index in [9.17, 15) is 0 Å². The van der Waals surface area contributed by atoms with Crippen molar-refractivity contribution in [2.75, 3.05) is 13.2 Å². The molecule has 0 aromatic carbocycles. The van der Waals surface area contributed by atoms with Gasteiger partial charge < -0.3 is 0 Å². The largest absolute Gasteiger partial charge is 0.255 e. The van der Waals surface area contributed by atoms with Crippen LogP contribution in [-0.4, -0.2) is 22.8 Å². The van der Waals surface area contributed by atoms with Crippen molar-refractivity contribution in [2.24, 2.45) is 10.4 Å². The molecule has 1 aliphatic heterocycles. The Kier molecular flexibility index (Phi) is 1.53. The highest BCUT2D eigenvalue weighted by Gasteiger charge is 2.09. The van der Waals surface area contributed by atoms with Gasteiger partial charge in [0.25, 0.3) is 0 Å². The number of nitrogens with zero attached hydrogens (tertiary/aromatic N) is 4. The first-order chi connectivity index (χ1) is 3.83. The molecule has 0 aromatic rings. The third-order valence-corrected chi connectivity index (χ3v) is 1.08. The van der Waals surface area contributed by atoms with E-state index in [0.717, 1.165) is 6.54 Å². The molecule has 0 saturated heterocycles. The Hall–Kier alpha value is -0.510. The van der Waals surface area contributed by atoms with E-state index < -0.39 is 0 Å². The molecule has 4 nitrogen and oxygen atoms in total. The number of halogens is 1. The van der Waals surface area contributed by atoms with Crippen LogP contribution < -0.4 is 0 Å². The van der Waals surface area contributed by atoms with Gasteiger partial charge in [0.1, 0.15) is 6.67 Å². The van der Waals surface area contributed by atoms with Crippen LogP contribution >= 0.6 is 11.8 Å². The third kappa shape index (κ3) is 1.01. The fourth-order valence-corrected chi connectivity index (χ4v) is 0.608. The van der Waals surface area contributed by atoms with Gasteiger partial charge in [-0.05, 0) is 12.1 Å². The number of rotatable bonds is 1. The quantitative estimate of drug-likeness (QED) is 0.502. The van der Waals surface area contributed by atoms with E-state index in [-0.39, 0.29) is 0 Å². The first-order valence-corrected chi connectivity index (χ1v) is 2.76. The molecule has 0 bridgehead atoms. The van der Waals surface area contributed by atoms with Gasteiger partial charge in [0, 0.05) is 18.3 Å². The molecule has 0 radical (unpaired) electrons. The molecule has 0 amide bonds.